The van der Waals surface area contributed by atoms with Gasteiger partial charge in [0, 0.05) is 30.5 Å². The molecule has 0 saturated carbocycles. The Morgan fingerprint density at radius 1 is 1.03 bits per heavy atom. The number of carbonyl (C=O) groups excluding carboxylic acids is 3. The van der Waals surface area contributed by atoms with E-state index in [2.05, 4.69) is 38.5 Å². The molecule has 5 unspecified atom stereocenters. The Bertz CT molecular complexity index is 988. The molecule has 13 heteroatoms. The van der Waals surface area contributed by atoms with Crippen LogP contribution < -0.4 is 21.7 Å². The quantitative estimate of drug-likeness (QED) is 0.148. The SMILES string of the molecule is CC(O)C(NC(=O)C(N)Cc1cnc[nH]1)C(=O)NC(Cc1ccccc1)C(=O)NC(CS)C(=O)O. The molecule has 35 heavy (non-hydrogen) atoms. The summed E-state index contributed by atoms with van der Waals surface area (Å²) in [7, 11) is 0. The third kappa shape index (κ3) is 8.70. The predicted octanol–water partition coefficient (Wildman–Crippen LogP) is -1.63. The van der Waals surface area contributed by atoms with Gasteiger partial charge in [-0.3, -0.25) is 14.4 Å². The number of H-pyrrole nitrogens is 1. The van der Waals surface area contributed by atoms with Crippen LogP contribution in [0.2, 0.25) is 0 Å². The topological polar surface area (TPSA) is 200 Å². The first-order valence-electron chi connectivity index (χ1n) is 10.8. The molecule has 0 saturated heterocycles. The second-order valence-electron chi connectivity index (χ2n) is 7.95. The van der Waals surface area contributed by atoms with E-state index in [1.807, 2.05) is 0 Å². The lowest BCUT2D eigenvalue weighted by Gasteiger charge is -2.26. The molecule has 0 bridgehead atoms. The van der Waals surface area contributed by atoms with E-state index in [-0.39, 0.29) is 18.6 Å². The number of imidazole rings is 1. The van der Waals surface area contributed by atoms with Gasteiger partial charge in [0.1, 0.15) is 18.1 Å². The summed E-state index contributed by atoms with van der Waals surface area (Å²) in [5, 5.41) is 26.6. The lowest BCUT2D eigenvalue weighted by molar-refractivity contribution is -0.141. The highest BCUT2D eigenvalue weighted by Crippen LogP contribution is 2.06. The van der Waals surface area contributed by atoms with E-state index in [1.165, 1.54) is 19.4 Å². The number of nitrogens with zero attached hydrogens (tertiary/aromatic N) is 1. The number of aromatic amines is 1. The van der Waals surface area contributed by atoms with Crippen LogP contribution in [0.15, 0.2) is 42.9 Å². The molecule has 8 N–H and O–H groups in total. The molecule has 0 radical (unpaired) electrons. The largest absolute Gasteiger partial charge is 0.480 e. The van der Waals surface area contributed by atoms with Crippen molar-refractivity contribution < 1.29 is 29.4 Å². The molecule has 2 aromatic rings. The smallest absolute Gasteiger partial charge is 0.327 e. The lowest BCUT2D eigenvalue weighted by atomic mass is 10.0. The van der Waals surface area contributed by atoms with Crippen molar-refractivity contribution in [2.45, 2.75) is 50.0 Å². The summed E-state index contributed by atoms with van der Waals surface area (Å²) in [5.74, 6) is -3.72. The van der Waals surface area contributed by atoms with Gasteiger partial charge in [-0.25, -0.2) is 9.78 Å². The molecule has 5 atom stereocenters. The Morgan fingerprint density at radius 2 is 1.69 bits per heavy atom. The maximum Gasteiger partial charge on any atom is 0.327 e. The molecule has 0 fully saturated rings. The molecule has 0 aliphatic heterocycles. The summed E-state index contributed by atoms with van der Waals surface area (Å²) in [5.41, 5.74) is 7.22. The minimum atomic E-state index is -1.42. The summed E-state index contributed by atoms with van der Waals surface area (Å²) in [6, 6.07) is 3.85. The maximum absolute atomic E-state index is 13.0. The number of aliphatic hydroxyl groups excluding tert-OH is 1. The van der Waals surface area contributed by atoms with Gasteiger partial charge in [-0.2, -0.15) is 12.6 Å². The molecule has 1 heterocycles. The fourth-order valence-electron chi connectivity index (χ4n) is 3.17. The molecule has 1 aromatic heterocycles. The third-order valence-corrected chi connectivity index (χ3v) is 5.47. The van der Waals surface area contributed by atoms with Crippen LogP contribution in [0.5, 0.6) is 0 Å². The highest BCUT2D eigenvalue weighted by atomic mass is 32.1. The third-order valence-electron chi connectivity index (χ3n) is 5.11. The van der Waals surface area contributed by atoms with E-state index in [0.29, 0.717) is 11.3 Å². The number of nitrogens with one attached hydrogen (secondary N) is 4. The van der Waals surface area contributed by atoms with Crippen molar-refractivity contribution in [2.75, 3.05) is 5.75 Å². The zero-order chi connectivity index (χ0) is 26.0. The van der Waals surface area contributed by atoms with E-state index in [0.717, 1.165) is 0 Å². The van der Waals surface area contributed by atoms with Gasteiger partial charge in [-0.1, -0.05) is 30.3 Å². The summed E-state index contributed by atoms with van der Waals surface area (Å²) in [6.07, 6.45) is 1.79. The number of carboxylic acids is 1. The number of aliphatic carboxylic acids is 1. The van der Waals surface area contributed by atoms with Crippen molar-refractivity contribution >= 4 is 36.3 Å². The van der Waals surface area contributed by atoms with Gasteiger partial charge in [0.25, 0.3) is 0 Å². The predicted molar refractivity (Wildman–Crippen MR) is 129 cm³/mol. The van der Waals surface area contributed by atoms with Crippen molar-refractivity contribution in [3.63, 3.8) is 0 Å². The number of carboxylic acid groups (broad SMARTS) is 1. The summed E-state index contributed by atoms with van der Waals surface area (Å²) in [6.45, 7) is 1.30. The average Bonchev–Trinajstić information content (AvgIpc) is 3.33. The molecule has 0 spiro atoms. The van der Waals surface area contributed by atoms with Crippen LogP contribution in [0.25, 0.3) is 0 Å². The van der Waals surface area contributed by atoms with E-state index >= 15 is 0 Å². The van der Waals surface area contributed by atoms with Gasteiger partial charge < -0.3 is 36.9 Å². The van der Waals surface area contributed by atoms with E-state index in [4.69, 9.17) is 5.73 Å². The van der Waals surface area contributed by atoms with Crippen molar-refractivity contribution in [1.29, 1.82) is 0 Å². The normalized spacial score (nSPS) is 15.2. The Kier molecular flexibility index (Phi) is 10.7. The highest BCUT2D eigenvalue weighted by molar-refractivity contribution is 7.80. The van der Waals surface area contributed by atoms with Crippen LogP contribution in [0.4, 0.5) is 0 Å². The number of benzene rings is 1. The molecule has 2 rings (SSSR count). The minimum Gasteiger partial charge on any atom is -0.480 e. The fraction of sp³-hybridized carbons (Fsp3) is 0.409. The Balaban J connectivity index is 2.14. The van der Waals surface area contributed by atoms with Crippen LogP contribution in [-0.4, -0.2) is 79.9 Å². The molecule has 1 aromatic carbocycles. The van der Waals surface area contributed by atoms with E-state index in [9.17, 15) is 29.4 Å². The zero-order valence-corrected chi connectivity index (χ0v) is 19.9. The van der Waals surface area contributed by atoms with E-state index in [1.54, 1.807) is 30.3 Å². The second kappa shape index (κ2) is 13.5. The molecular formula is C22H30N6O6S. The Hall–Kier alpha value is -3.42. The van der Waals surface area contributed by atoms with E-state index < -0.39 is 54.0 Å². The maximum atomic E-state index is 13.0. The summed E-state index contributed by atoms with van der Waals surface area (Å²) < 4.78 is 0. The monoisotopic (exact) mass is 506 g/mol. The minimum absolute atomic E-state index is 0.0388. The van der Waals surface area contributed by atoms with Crippen molar-refractivity contribution in [1.82, 2.24) is 25.9 Å². The zero-order valence-electron chi connectivity index (χ0n) is 19.0. The van der Waals surface area contributed by atoms with Gasteiger partial charge in [0.2, 0.25) is 17.7 Å². The Labute approximate surface area is 207 Å². The second-order valence-corrected chi connectivity index (χ2v) is 8.31. The first-order chi connectivity index (χ1) is 16.6. The van der Waals surface area contributed by atoms with Crippen LogP contribution in [-0.2, 0) is 32.0 Å². The number of amides is 3. The Morgan fingerprint density at radius 3 is 2.23 bits per heavy atom. The standard InChI is InChI=1S/C22H30N6O6S/c1-12(29)18(28-19(30)15(23)8-14-9-24-11-25-14)21(32)26-16(7-13-5-3-2-4-6-13)20(31)27-17(10-35)22(33)34/h2-6,9,11-12,15-18,29,35H,7-8,10,23H2,1H3,(H,24,25)(H,26,32)(H,27,31)(H,28,30)(H,33,34). The van der Waals surface area contributed by atoms with Crippen LogP contribution >= 0.6 is 12.6 Å². The van der Waals surface area contributed by atoms with Crippen LogP contribution in [0, 0.1) is 0 Å². The molecule has 190 valence electrons. The van der Waals surface area contributed by atoms with Crippen LogP contribution in [0.3, 0.4) is 0 Å². The number of thiol groups is 1. The van der Waals surface area contributed by atoms with Gasteiger partial charge in [-0.15, -0.1) is 0 Å². The lowest BCUT2D eigenvalue weighted by Crippen LogP contribution is -2.60. The number of carbonyl (C=O) groups is 4. The molecule has 0 aliphatic rings. The molecule has 3 amide bonds. The molecule has 0 aliphatic carbocycles. The number of rotatable bonds is 13. The first kappa shape index (κ1) is 27.8. The first-order valence-corrected chi connectivity index (χ1v) is 11.4. The van der Waals surface area contributed by atoms with Crippen molar-refractivity contribution in [3.8, 4) is 0 Å². The molecular weight excluding hydrogens is 476 g/mol. The summed E-state index contributed by atoms with van der Waals surface area (Å²) in [4.78, 5) is 56.4. The van der Waals surface area contributed by atoms with Gasteiger partial charge in [-0.05, 0) is 12.5 Å². The summed E-state index contributed by atoms with van der Waals surface area (Å²) >= 11 is 3.93. The van der Waals surface area contributed by atoms with Gasteiger partial charge in [0.05, 0.1) is 18.5 Å². The average molecular weight is 507 g/mol. The highest BCUT2D eigenvalue weighted by Gasteiger charge is 2.32. The van der Waals surface area contributed by atoms with Crippen LogP contribution in [0.1, 0.15) is 18.2 Å². The fourth-order valence-corrected chi connectivity index (χ4v) is 3.42. The number of hydrogen-bond acceptors (Lipinski definition) is 8. The number of nitrogens with two attached hydrogens (primary N) is 1. The van der Waals surface area contributed by atoms with Crippen molar-refractivity contribution in [3.05, 3.63) is 54.1 Å². The number of hydrogen-bond donors (Lipinski definition) is 8. The van der Waals surface area contributed by atoms with Gasteiger partial charge >= 0.3 is 5.97 Å². The number of aliphatic hydroxyl groups is 1. The molecule has 12 nitrogen and oxygen atoms in total. The number of aromatic nitrogens is 2. The van der Waals surface area contributed by atoms with Gasteiger partial charge in [0.15, 0.2) is 0 Å². The van der Waals surface area contributed by atoms with Crippen molar-refractivity contribution in [2.24, 2.45) is 5.73 Å².